The highest BCUT2D eigenvalue weighted by molar-refractivity contribution is 7.99. The molecular formula is C14H16ClN3OS. The summed E-state index contributed by atoms with van der Waals surface area (Å²) >= 11 is 7.95. The molecule has 20 heavy (non-hydrogen) atoms. The number of benzene rings is 1. The number of aromatic nitrogens is 2. The van der Waals surface area contributed by atoms with Crippen molar-refractivity contribution in [2.45, 2.75) is 13.0 Å². The SMILES string of the molecule is O=c1[nH]c(CNCC2CCSC2)nc2cc(Cl)ccc12. The summed E-state index contributed by atoms with van der Waals surface area (Å²) in [7, 11) is 0. The van der Waals surface area contributed by atoms with E-state index in [0.29, 0.717) is 28.3 Å². The van der Waals surface area contributed by atoms with Crippen LogP contribution in [0.5, 0.6) is 0 Å². The zero-order valence-corrected chi connectivity index (χ0v) is 12.6. The highest BCUT2D eigenvalue weighted by atomic mass is 35.5. The molecule has 1 fully saturated rings. The molecule has 3 rings (SSSR count). The molecule has 1 atom stereocenters. The summed E-state index contributed by atoms with van der Waals surface area (Å²) in [6.45, 7) is 1.56. The number of hydrogen-bond donors (Lipinski definition) is 2. The number of rotatable bonds is 4. The van der Waals surface area contributed by atoms with Crippen molar-refractivity contribution in [1.82, 2.24) is 15.3 Å². The predicted molar refractivity (Wildman–Crippen MR) is 84.5 cm³/mol. The Hall–Kier alpha value is -1.04. The van der Waals surface area contributed by atoms with Gasteiger partial charge in [-0.3, -0.25) is 4.79 Å². The van der Waals surface area contributed by atoms with Gasteiger partial charge in [-0.1, -0.05) is 11.6 Å². The minimum atomic E-state index is -0.111. The van der Waals surface area contributed by atoms with Crippen LogP contribution in [0.4, 0.5) is 0 Å². The zero-order valence-electron chi connectivity index (χ0n) is 11.0. The van der Waals surface area contributed by atoms with Gasteiger partial charge in [0, 0.05) is 5.02 Å². The van der Waals surface area contributed by atoms with Crippen LogP contribution in [0.3, 0.4) is 0 Å². The van der Waals surface area contributed by atoms with E-state index in [1.807, 2.05) is 11.8 Å². The maximum Gasteiger partial charge on any atom is 0.258 e. The van der Waals surface area contributed by atoms with E-state index >= 15 is 0 Å². The molecule has 0 aliphatic carbocycles. The van der Waals surface area contributed by atoms with Crippen LogP contribution in [0.1, 0.15) is 12.2 Å². The van der Waals surface area contributed by atoms with E-state index < -0.39 is 0 Å². The van der Waals surface area contributed by atoms with Gasteiger partial charge in [-0.25, -0.2) is 4.98 Å². The van der Waals surface area contributed by atoms with Gasteiger partial charge < -0.3 is 10.3 Å². The molecule has 1 aliphatic rings. The second-order valence-electron chi connectivity index (χ2n) is 5.03. The summed E-state index contributed by atoms with van der Waals surface area (Å²) in [5, 5.41) is 4.54. The van der Waals surface area contributed by atoms with Crippen molar-refractivity contribution in [3.8, 4) is 0 Å². The number of nitrogens with one attached hydrogen (secondary N) is 2. The second-order valence-corrected chi connectivity index (χ2v) is 6.62. The van der Waals surface area contributed by atoms with E-state index in [9.17, 15) is 4.79 Å². The first-order chi connectivity index (χ1) is 9.72. The van der Waals surface area contributed by atoms with Crippen LogP contribution < -0.4 is 10.9 Å². The maximum absolute atomic E-state index is 12.0. The van der Waals surface area contributed by atoms with Gasteiger partial charge in [0.1, 0.15) is 5.82 Å². The lowest BCUT2D eigenvalue weighted by Gasteiger charge is -2.09. The van der Waals surface area contributed by atoms with E-state index in [1.54, 1.807) is 18.2 Å². The van der Waals surface area contributed by atoms with E-state index in [0.717, 1.165) is 12.5 Å². The van der Waals surface area contributed by atoms with Crippen molar-refractivity contribution in [3.63, 3.8) is 0 Å². The van der Waals surface area contributed by atoms with E-state index in [1.165, 1.54) is 17.9 Å². The number of hydrogen-bond acceptors (Lipinski definition) is 4. The van der Waals surface area contributed by atoms with Gasteiger partial charge in [-0.2, -0.15) is 11.8 Å². The number of fused-ring (bicyclic) bond motifs is 1. The van der Waals surface area contributed by atoms with E-state index in [2.05, 4.69) is 15.3 Å². The number of H-pyrrole nitrogens is 1. The molecule has 2 heterocycles. The first kappa shape index (κ1) is 13.9. The lowest BCUT2D eigenvalue weighted by atomic mass is 10.1. The molecule has 2 aromatic rings. The summed E-state index contributed by atoms with van der Waals surface area (Å²) in [5.41, 5.74) is 0.536. The fourth-order valence-corrected chi connectivity index (χ4v) is 3.83. The molecule has 1 aliphatic heterocycles. The monoisotopic (exact) mass is 309 g/mol. The Morgan fingerprint density at radius 1 is 1.50 bits per heavy atom. The van der Waals surface area contributed by atoms with Crippen LogP contribution >= 0.6 is 23.4 Å². The normalized spacial score (nSPS) is 18.8. The van der Waals surface area contributed by atoms with Crippen molar-refractivity contribution in [1.29, 1.82) is 0 Å². The highest BCUT2D eigenvalue weighted by Gasteiger charge is 2.14. The Morgan fingerprint density at radius 3 is 3.20 bits per heavy atom. The van der Waals surface area contributed by atoms with Crippen molar-refractivity contribution in [2.24, 2.45) is 5.92 Å². The Bertz CT molecular complexity index is 667. The molecule has 2 N–H and O–H groups in total. The fourth-order valence-electron chi connectivity index (χ4n) is 2.38. The van der Waals surface area contributed by atoms with Gasteiger partial charge in [-0.05, 0) is 48.6 Å². The number of thioether (sulfide) groups is 1. The minimum Gasteiger partial charge on any atom is -0.310 e. The average molecular weight is 310 g/mol. The van der Waals surface area contributed by atoms with Crippen LogP contribution in [-0.4, -0.2) is 28.0 Å². The fraction of sp³-hybridized carbons (Fsp3) is 0.429. The summed E-state index contributed by atoms with van der Waals surface area (Å²) in [4.78, 5) is 19.2. The van der Waals surface area contributed by atoms with Crippen LogP contribution in [0.2, 0.25) is 5.02 Å². The molecule has 0 radical (unpaired) electrons. The average Bonchev–Trinajstić information content (AvgIpc) is 2.91. The van der Waals surface area contributed by atoms with Crippen molar-refractivity contribution in [3.05, 3.63) is 39.4 Å². The van der Waals surface area contributed by atoms with Crippen LogP contribution in [0, 0.1) is 5.92 Å². The third-order valence-electron chi connectivity index (χ3n) is 3.47. The standard InChI is InChI=1S/C14H16ClN3OS/c15-10-1-2-11-12(5-10)17-13(18-14(11)19)7-16-6-9-3-4-20-8-9/h1-2,5,9,16H,3-4,6-8H2,(H,17,18,19). The Morgan fingerprint density at radius 2 is 2.40 bits per heavy atom. The molecule has 106 valence electrons. The largest absolute Gasteiger partial charge is 0.310 e. The molecule has 6 heteroatoms. The Balaban J connectivity index is 1.72. The van der Waals surface area contributed by atoms with Crippen molar-refractivity contribution < 1.29 is 0 Å². The molecule has 4 nitrogen and oxygen atoms in total. The lowest BCUT2D eigenvalue weighted by Crippen LogP contribution is -2.24. The van der Waals surface area contributed by atoms with Crippen LogP contribution in [-0.2, 0) is 6.54 Å². The molecule has 1 aromatic carbocycles. The van der Waals surface area contributed by atoms with Gasteiger partial charge in [0.25, 0.3) is 5.56 Å². The molecule has 0 saturated carbocycles. The third kappa shape index (κ3) is 3.16. The summed E-state index contributed by atoms with van der Waals surface area (Å²) in [6.07, 6.45) is 1.27. The number of nitrogens with zero attached hydrogens (tertiary/aromatic N) is 1. The molecule has 1 unspecified atom stereocenters. The highest BCUT2D eigenvalue weighted by Crippen LogP contribution is 2.22. The quantitative estimate of drug-likeness (QED) is 0.910. The first-order valence-corrected chi connectivity index (χ1v) is 8.22. The summed E-state index contributed by atoms with van der Waals surface area (Å²) in [5.74, 6) is 3.89. The minimum absolute atomic E-state index is 0.111. The predicted octanol–water partition coefficient (Wildman–Crippen LogP) is 2.42. The summed E-state index contributed by atoms with van der Waals surface area (Å²) in [6, 6.07) is 5.14. The number of halogens is 1. The van der Waals surface area contributed by atoms with Gasteiger partial charge in [0.15, 0.2) is 0 Å². The van der Waals surface area contributed by atoms with Crippen LogP contribution in [0.25, 0.3) is 10.9 Å². The Labute approximate surface area is 126 Å². The first-order valence-electron chi connectivity index (χ1n) is 6.69. The van der Waals surface area contributed by atoms with Crippen molar-refractivity contribution in [2.75, 3.05) is 18.1 Å². The van der Waals surface area contributed by atoms with Gasteiger partial charge in [0.2, 0.25) is 0 Å². The van der Waals surface area contributed by atoms with E-state index in [-0.39, 0.29) is 5.56 Å². The third-order valence-corrected chi connectivity index (χ3v) is 4.93. The lowest BCUT2D eigenvalue weighted by molar-refractivity contribution is 0.516. The number of aromatic amines is 1. The van der Waals surface area contributed by atoms with Crippen molar-refractivity contribution >= 4 is 34.3 Å². The van der Waals surface area contributed by atoms with Gasteiger partial charge in [0.05, 0.1) is 17.4 Å². The molecular weight excluding hydrogens is 294 g/mol. The van der Waals surface area contributed by atoms with E-state index in [4.69, 9.17) is 11.6 Å². The smallest absolute Gasteiger partial charge is 0.258 e. The van der Waals surface area contributed by atoms with Crippen LogP contribution in [0.15, 0.2) is 23.0 Å². The summed E-state index contributed by atoms with van der Waals surface area (Å²) < 4.78 is 0. The molecule has 0 amide bonds. The molecule has 1 aromatic heterocycles. The Kier molecular flexibility index (Phi) is 4.29. The zero-order chi connectivity index (χ0) is 13.9. The van der Waals surface area contributed by atoms with Gasteiger partial charge in [-0.15, -0.1) is 0 Å². The van der Waals surface area contributed by atoms with Gasteiger partial charge >= 0.3 is 0 Å². The topological polar surface area (TPSA) is 57.8 Å². The maximum atomic E-state index is 12.0. The molecule has 1 saturated heterocycles. The molecule has 0 bridgehead atoms. The second kappa shape index (κ2) is 6.16. The molecule has 0 spiro atoms.